The maximum atomic E-state index is 13.9. The van der Waals surface area contributed by atoms with Gasteiger partial charge < -0.3 is 10.1 Å². The molecule has 0 aliphatic carbocycles. The Morgan fingerprint density at radius 2 is 1.85 bits per heavy atom. The first kappa shape index (κ1) is 17.5. The fourth-order valence-electron chi connectivity index (χ4n) is 2.61. The summed E-state index contributed by atoms with van der Waals surface area (Å²) in [5.41, 5.74) is 1.97. The summed E-state index contributed by atoms with van der Waals surface area (Å²) in [5.74, 6) is -0.388. The van der Waals surface area contributed by atoms with Crippen LogP contribution in [0.2, 0.25) is 0 Å². The van der Waals surface area contributed by atoms with Crippen LogP contribution in [0.4, 0.5) is 29.1 Å². The lowest BCUT2D eigenvalue weighted by Gasteiger charge is -2.12. The molecule has 10 heteroatoms. The van der Waals surface area contributed by atoms with E-state index >= 15 is 0 Å². The monoisotopic (exact) mass is 440 g/mol. The maximum absolute atomic E-state index is 13.9. The second-order valence-corrected chi connectivity index (χ2v) is 6.39. The number of imidazole rings is 1. The molecule has 0 saturated heterocycles. The first-order chi connectivity index (χ1) is 12.8. The third-order valence-corrected chi connectivity index (χ3v) is 4.32. The number of aromatic nitrogens is 3. The van der Waals surface area contributed by atoms with Gasteiger partial charge in [-0.25, -0.2) is 14.4 Å². The molecule has 5 nitrogen and oxygen atoms in total. The molecular weight excluding hydrogens is 432 g/mol. The molecule has 1 N–H and O–H groups in total. The molecule has 27 heavy (non-hydrogen) atoms. The molecule has 0 aliphatic rings. The van der Waals surface area contributed by atoms with Crippen LogP contribution in [0.3, 0.4) is 0 Å². The Kier molecular flexibility index (Phi) is 4.14. The molecule has 0 fully saturated rings. The molecule has 4 rings (SSSR count). The van der Waals surface area contributed by atoms with Gasteiger partial charge in [0, 0.05) is 24.1 Å². The average Bonchev–Trinajstić information content (AvgIpc) is 3.07. The lowest BCUT2D eigenvalue weighted by molar-refractivity contribution is -0.274. The average molecular weight is 441 g/mol. The van der Waals surface area contributed by atoms with E-state index in [-0.39, 0.29) is 10.2 Å². The molecule has 0 unspecified atom stereocenters. The van der Waals surface area contributed by atoms with Gasteiger partial charge >= 0.3 is 6.36 Å². The summed E-state index contributed by atoms with van der Waals surface area (Å²) >= 11 is 3.13. The Bertz CT molecular complexity index is 1140. The van der Waals surface area contributed by atoms with E-state index in [9.17, 15) is 17.6 Å². The molecule has 0 spiro atoms. The van der Waals surface area contributed by atoms with E-state index in [2.05, 4.69) is 36.0 Å². The van der Waals surface area contributed by atoms with Gasteiger partial charge in [-0.2, -0.15) is 0 Å². The van der Waals surface area contributed by atoms with Crippen molar-refractivity contribution in [3.63, 3.8) is 0 Å². The quantitative estimate of drug-likeness (QED) is 0.431. The predicted octanol–water partition coefficient (Wildman–Crippen LogP) is 5.43. The van der Waals surface area contributed by atoms with Crippen LogP contribution in [0.5, 0.6) is 5.75 Å². The zero-order valence-electron chi connectivity index (χ0n) is 13.3. The SMILES string of the molecule is Fc1cc2c(cc1Br)nc(Nc1ccc(OC(F)(F)F)cc1)c1nccn12. The minimum atomic E-state index is -4.75. The Balaban J connectivity index is 1.73. The summed E-state index contributed by atoms with van der Waals surface area (Å²) in [7, 11) is 0. The van der Waals surface area contributed by atoms with Gasteiger partial charge in [-0.05, 0) is 46.3 Å². The number of anilines is 2. The lowest BCUT2D eigenvalue weighted by Crippen LogP contribution is -2.17. The molecule has 4 aromatic rings. The van der Waals surface area contributed by atoms with Crippen molar-refractivity contribution < 1.29 is 22.3 Å². The Morgan fingerprint density at radius 3 is 2.56 bits per heavy atom. The number of rotatable bonds is 3. The highest BCUT2D eigenvalue weighted by Crippen LogP contribution is 2.29. The number of nitrogens with one attached hydrogen (secondary N) is 1. The van der Waals surface area contributed by atoms with E-state index in [1.807, 2.05) is 0 Å². The van der Waals surface area contributed by atoms with Gasteiger partial charge in [-0.3, -0.25) is 4.40 Å². The minimum absolute atomic E-state index is 0.265. The number of ether oxygens (including phenoxy) is 1. The van der Waals surface area contributed by atoms with Crippen molar-refractivity contribution in [2.24, 2.45) is 0 Å². The van der Waals surface area contributed by atoms with Gasteiger partial charge in [0.1, 0.15) is 11.6 Å². The highest BCUT2D eigenvalue weighted by atomic mass is 79.9. The number of hydrogen-bond donors (Lipinski definition) is 1. The second kappa shape index (κ2) is 6.38. The van der Waals surface area contributed by atoms with E-state index in [1.54, 1.807) is 16.8 Å². The molecule has 0 radical (unpaired) electrons. The van der Waals surface area contributed by atoms with Crippen LogP contribution in [0.25, 0.3) is 16.7 Å². The molecule has 2 heterocycles. The van der Waals surface area contributed by atoms with Crippen molar-refractivity contribution >= 4 is 44.1 Å². The van der Waals surface area contributed by atoms with Gasteiger partial charge in [0.2, 0.25) is 0 Å². The number of alkyl halides is 3. The first-order valence-electron chi connectivity index (χ1n) is 7.55. The fraction of sp³-hybridized carbons (Fsp3) is 0.0588. The van der Waals surface area contributed by atoms with Gasteiger partial charge in [-0.1, -0.05) is 0 Å². The van der Waals surface area contributed by atoms with E-state index in [1.165, 1.54) is 36.4 Å². The van der Waals surface area contributed by atoms with Crippen molar-refractivity contribution in [1.29, 1.82) is 0 Å². The van der Waals surface area contributed by atoms with E-state index in [0.29, 0.717) is 28.2 Å². The Labute approximate surface area is 157 Å². The fourth-order valence-corrected chi connectivity index (χ4v) is 2.94. The number of benzene rings is 2. The summed E-state index contributed by atoms with van der Waals surface area (Å²) in [6.07, 6.45) is -1.54. The van der Waals surface area contributed by atoms with Crippen LogP contribution in [0, 0.1) is 5.82 Å². The molecule has 138 valence electrons. The van der Waals surface area contributed by atoms with Gasteiger partial charge in [0.05, 0.1) is 15.5 Å². The predicted molar refractivity (Wildman–Crippen MR) is 94.6 cm³/mol. The molecule has 0 bridgehead atoms. The van der Waals surface area contributed by atoms with E-state index in [4.69, 9.17) is 0 Å². The first-order valence-corrected chi connectivity index (χ1v) is 8.34. The summed E-state index contributed by atoms with van der Waals surface area (Å²) in [5, 5.41) is 3.01. The van der Waals surface area contributed by atoms with Crippen LogP contribution in [-0.2, 0) is 0 Å². The van der Waals surface area contributed by atoms with Crippen LogP contribution in [0.15, 0.2) is 53.3 Å². The normalized spacial score (nSPS) is 11.9. The highest BCUT2D eigenvalue weighted by Gasteiger charge is 2.30. The summed E-state index contributed by atoms with van der Waals surface area (Å²) in [6, 6.07) is 8.10. The Hall–Kier alpha value is -2.88. The van der Waals surface area contributed by atoms with Crippen LogP contribution in [0.1, 0.15) is 0 Å². The van der Waals surface area contributed by atoms with Crippen molar-refractivity contribution in [2.75, 3.05) is 5.32 Å². The zero-order valence-corrected chi connectivity index (χ0v) is 14.8. The topological polar surface area (TPSA) is 51.5 Å². The van der Waals surface area contributed by atoms with E-state index in [0.717, 1.165) is 0 Å². The smallest absolute Gasteiger partial charge is 0.406 e. The molecule has 2 aromatic carbocycles. The summed E-state index contributed by atoms with van der Waals surface area (Å²) < 4.78 is 56.4. The van der Waals surface area contributed by atoms with Crippen molar-refractivity contribution in [2.45, 2.75) is 6.36 Å². The van der Waals surface area contributed by atoms with Crippen molar-refractivity contribution in [3.8, 4) is 5.75 Å². The molecule has 2 aromatic heterocycles. The standard InChI is InChI=1S/C17H9BrF4N4O/c18-11-7-13-14(8-12(11)19)26-6-5-23-16(26)15(25-13)24-9-1-3-10(4-2-9)27-17(20,21)22/h1-8H,(H,24,25). The minimum Gasteiger partial charge on any atom is -0.406 e. The maximum Gasteiger partial charge on any atom is 0.573 e. The van der Waals surface area contributed by atoms with Crippen LogP contribution in [-0.4, -0.2) is 20.7 Å². The Morgan fingerprint density at radius 1 is 1.11 bits per heavy atom. The second-order valence-electron chi connectivity index (χ2n) is 5.53. The largest absolute Gasteiger partial charge is 0.573 e. The number of hydrogen-bond acceptors (Lipinski definition) is 4. The lowest BCUT2D eigenvalue weighted by atomic mass is 10.2. The molecule has 0 saturated carbocycles. The summed E-state index contributed by atoms with van der Waals surface area (Å²) in [6.45, 7) is 0. The zero-order chi connectivity index (χ0) is 19.2. The van der Waals surface area contributed by atoms with Crippen molar-refractivity contribution in [3.05, 3.63) is 59.1 Å². The van der Waals surface area contributed by atoms with Gasteiger partial charge in [-0.15, -0.1) is 13.2 Å². The van der Waals surface area contributed by atoms with Gasteiger partial charge in [0.15, 0.2) is 11.5 Å². The number of nitrogens with zero attached hydrogens (tertiary/aromatic N) is 3. The van der Waals surface area contributed by atoms with Crippen LogP contribution >= 0.6 is 15.9 Å². The number of fused-ring (bicyclic) bond motifs is 3. The third-order valence-electron chi connectivity index (χ3n) is 3.71. The number of halogens is 5. The third kappa shape index (κ3) is 3.52. The van der Waals surface area contributed by atoms with Crippen molar-refractivity contribution in [1.82, 2.24) is 14.4 Å². The van der Waals surface area contributed by atoms with E-state index < -0.39 is 12.2 Å². The van der Waals surface area contributed by atoms with Crippen LogP contribution < -0.4 is 10.1 Å². The molecule has 0 amide bonds. The molecule has 0 atom stereocenters. The summed E-state index contributed by atoms with van der Waals surface area (Å²) in [4.78, 5) is 8.67. The van der Waals surface area contributed by atoms with Gasteiger partial charge in [0.25, 0.3) is 0 Å². The highest BCUT2D eigenvalue weighted by molar-refractivity contribution is 9.10. The molecule has 0 aliphatic heterocycles. The molecular formula is C17H9BrF4N4O.